The van der Waals surface area contributed by atoms with Crippen molar-refractivity contribution >= 4 is 43.5 Å². The molecule has 2 aromatic carbocycles. The number of halogens is 1. The molecular weight excluding hydrogens is 432 g/mol. The maximum atomic E-state index is 12.3. The number of amides is 1. The zero-order valence-corrected chi connectivity index (χ0v) is 16.4. The van der Waals surface area contributed by atoms with E-state index in [1.807, 2.05) is 24.3 Å². The Morgan fingerprint density at radius 2 is 1.59 bits per heavy atom. The van der Waals surface area contributed by atoms with Crippen molar-refractivity contribution in [3.8, 4) is 0 Å². The zero-order valence-electron chi connectivity index (χ0n) is 14.0. The largest absolute Gasteiger partial charge is 0.326 e. The number of aromatic nitrogens is 2. The first-order valence-corrected chi connectivity index (χ1v) is 10.1. The summed E-state index contributed by atoms with van der Waals surface area (Å²) in [5, 5.41) is 2.74. The number of carbonyl (C=O) groups excluding carboxylic acids is 1. The molecule has 0 spiro atoms. The maximum absolute atomic E-state index is 12.3. The molecule has 1 aromatic heterocycles. The molecule has 7 nitrogen and oxygen atoms in total. The van der Waals surface area contributed by atoms with E-state index >= 15 is 0 Å². The third kappa shape index (κ3) is 5.35. The Labute approximate surface area is 165 Å². The Morgan fingerprint density at radius 1 is 0.963 bits per heavy atom. The Balaban J connectivity index is 1.64. The third-order valence-corrected chi connectivity index (χ3v) is 5.39. The second-order valence-corrected chi connectivity index (χ2v) is 8.15. The van der Waals surface area contributed by atoms with E-state index in [-0.39, 0.29) is 23.2 Å². The summed E-state index contributed by atoms with van der Waals surface area (Å²) in [4.78, 5) is 19.8. The monoisotopic (exact) mass is 446 g/mol. The van der Waals surface area contributed by atoms with Gasteiger partial charge >= 0.3 is 0 Å². The minimum atomic E-state index is -3.80. The number of carbonyl (C=O) groups is 1. The lowest BCUT2D eigenvalue weighted by atomic mass is 10.1. The van der Waals surface area contributed by atoms with Gasteiger partial charge in [-0.05, 0) is 48.0 Å². The van der Waals surface area contributed by atoms with Crippen molar-refractivity contribution in [3.63, 3.8) is 0 Å². The molecule has 0 aliphatic heterocycles. The molecule has 0 saturated heterocycles. The van der Waals surface area contributed by atoms with Crippen molar-refractivity contribution in [2.24, 2.45) is 0 Å². The molecular formula is C18H15BrN4O3S. The summed E-state index contributed by atoms with van der Waals surface area (Å²) >= 11 is 3.35. The van der Waals surface area contributed by atoms with E-state index in [4.69, 9.17) is 0 Å². The highest BCUT2D eigenvalue weighted by Gasteiger charge is 2.15. The molecule has 0 radical (unpaired) electrons. The van der Waals surface area contributed by atoms with Gasteiger partial charge in [0.2, 0.25) is 11.9 Å². The second kappa shape index (κ2) is 8.28. The number of hydrogen-bond donors (Lipinski definition) is 2. The van der Waals surface area contributed by atoms with Gasteiger partial charge in [0.25, 0.3) is 10.0 Å². The smallest absolute Gasteiger partial charge is 0.264 e. The van der Waals surface area contributed by atoms with Crippen LogP contribution in [-0.2, 0) is 21.2 Å². The summed E-state index contributed by atoms with van der Waals surface area (Å²) in [6.07, 6.45) is 3.10. The fourth-order valence-corrected chi connectivity index (χ4v) is 3.46. The molecule has 1 amide bonds. The molecule has 2 N–H and O–H groups in total. The number of anilines is 2. The van der Waals surface area contributed by atoms with Gasteiger partial charge in [-0.1, -0.05) is 28.1 Å². The lowest BCUT2D eigenvalue weighted by Gasteiger charge is -2.08. The van der Waals surface area contributed by atoms with Crippen LogP contribution in [0, 0.1) is 0 Å². The molecule has 0 bridgehead atoms. The van der Waals surface area contributed by atoms with Crippen molar-refractivity contribution < 1.29 is 13.2 Å². The Morgan fingerprint density at radius 3 is 2.22 bits per heavy atom. The summed E-state index contributed by atoms with van der Waals surface area (Å²) in [6.45, 7) is 0. The molecule has 1 heterocycles. The maximum Gasteiger partial charge on any atom is 0.264 e. The summed E-state index contributed by atoms with van der Waals surface area (Å²) in [5.41, 5.74) is 1.38. The standard InChI is InChI=1S/C18H15BrN4O3S/c19-14-4-2-13(3-5-14)12-17(24)22-15-6-8-16(9-7-15)27(25,26)23-18-20-10-1-11-21-18/h1-11H,12H2,(H,22,24)(H,20,21,23). The van der Waals surface area contributed by atoms with Crippen molar-refractivity contribution in [2.75, 3.05) is 10.0 Å². The van der Waals surface area contributed by atoms with E-state index in [9.17, 15) is 13.2 Å². The van der Waals surface area contributed by atoms with Crippen LogP contribution in [0.2, 0.25) is 0 Å². The molecule has 3 aromatic rings. The summed E-state index contributed by atoms with van der Waals surface area (Å²) < 4.78 is 27.9. The van der Waals surface area contributed by atoms with E-state index in [1.165, 1.54) is 36.7 Å². The zero-order chi connectivity index (χ0) is 19.3. The number of sulfonamides is 1. The number of nitrogens with one attached hydrogen (secondary N) is 2. The Hall–Kier alpha value is -2.78. The lowest BCUT2D eigenvalue weighted by molar-refractivity contribution is -0.115. The minimum Gasteiger partial charge on any atom is -0.326 e. The SMILES string of the molecule is O=C(Cc1ccc(Br)cc1)Nc1ccc(S(=O)(=O)Nc2ncccn2)cc1. The third-order valence-electron chi connectivity index (χ3n) is 3.52. The van der Waals surface area contributed by atoms with Gasteiger partial charge < -0.3 is 5.32 Å². The fraction of sp³-hybridized carbons (Fsp3) is 0.0556. The van der Waals surface area contributed by atoms with Gasteiger partial charge in [0.05, 0.1) is 11.3 Å². The molecule has 0 fully saturated rings. The molecule has 0 saturated carbocycles. The predicted octanol–water partition coefficient (Wildman–Crippen LogP) is 3.22. The molecule has 3 rings (SSSR count). The van der Waals surface area contributed by atoms with E-state index < -0.39 is 10.0 Å². The highest BCUT2D eigenvalue weighted by Crippen LogP contribution is 2.17. The molecule has 0 aliphatic carbocycles. The summed E-state index contributed by atoms with van der Waals surface area (Å²) in [5.74, 6) is -0.201. The van der Waals surface area contributed by atoms with Crippen molar-refractivity contribution in [3.05, 3.63) is 77.0 Å². The van der Waals surface area contributed by atoms with Gasteiger partial charge in [0.15, 0.2) is 0 Å². The van der Waals surface area contributed by atoms with E-state index in [2.05, 4.69) is 35.9 Å². The molecule has 9 heteroatoms. The van der Waals surface area contributed by atoms with Gasteiger partial charge in [-0.25, -0.2) is 23.1 Å². The van der Waals surface area contributed by atoms with Crippen LogP contribution in [0.1, 0.15) is 5.56 Å². The highest BCUT2D eigenvalue weighted by molar-refractivity contribution is 9.10. The van der Waals surface area contributed by atoms with Crippen LogP contribution >= 0.6 is 15.9 Å². The summed E-state index contributed by atoms with van der Waals surface area (Å²) in [7, 11) is -3.80. The van der Waals surface area contributed by atoms with Gasteiger partial charge in [0, 0.05) is 22.6 Å². The average molecular weight is 447 g/mol. The normalized spacial score (nSPS) is 11.0. The van der Waals surface area contributed by atoms with Crippen LogP contribution in [0.4, 0.5) is 11.6 Å². The minimum absolute atomic E-state index is 0.00984. The molecule has 0 atom stereocenters. The van der Waals surface area contributed by atoms with Crippen LogP contribution < -0.4 is 10.0 Å². The van der Waals surface area contributed by atoms with Gasteiger partial charge in [0.1, 0.15) is 0 Å². The molecule has 138 valence electrons. The van der Waals surface area contributed by atoms with Gasteiger partial charge in [-0.2, -0.15) is 0 Å². The van der Waals surface area contributed by atoms with Crippen LogP contribution in [0.3, 0.4) is 0 Å². The summed E-state index contributed by atoms with van der Waals surface area (Å²) in [6, 6.07) is 14.9. The number of rotatable bonds is 6. The lowest BCUT2D eigenvalue weighted by Crippen LogP contribution is -2.16. The van der Waals surface area contributed by atoms with Gasteiger partial charge in [-0.3, -0.25) is 4.79 Å². The van der Waals surface area contributed by atoms with Gasteiger partial charge in [-0.15, -0.1) is 0 Å². The Kier molecular flexibility index (Phi) is 5.82. The average Bonchev–Trinajstić information content (AvgIpc) is 2.64. The van der Waals surface area contributed by atoms with E-state index in [0.29, 0.717) is 5.69 Å². The van der Waals surface area contributed by atoms with Crippen molar-refractivity contribution in [2.45, 2.75) is 11.3 Å². The van der Waals surface area contributed by atoms with Crippen LogP contribution in [-0.4, -0.2) is 24.3 Å². The number of hydrogen-bond acceptors (Lipinski definition) is 5. The second-order valence-electron chi connectivity index (χ2n) is 5.55. The quantitative estimate of drug-likeness (QED) is 0.605. The Bertz CT molecular complexity index is 1020. The molecule has 0 unspecified atom stereocenters. The predicted molar refractivity (Wildman–Crippen MR) is 106 cm³/mol. The van der Waals surface area contributed by atoms with Crippen LogP contribution in [0.5, 0.6) is 0 Å². The first-order chi connectivity index (χ1) is 12.9. The fourth-order valence-electron chi connectivity index (χ4n) is 2.24. The van der Waals surface area contributed by atoms with Crippen LogP contribution in [0.25, 0.3) is 0 Å². The molecule has 0 aliphatic rings. The highest BCUT2D eigenvalue weighted by atomic mass is 79.9. The van der Waals surface area contributed by atoms with Crippen molar-refractivity contribution in [1.29, 1.82) is 0 Å². The number of benzene rings is 2. The first-order valence-electron chi connectivity index (χ1n) is 7.86. The first kappa shape index (κ1) is 19.0. The van der Waals surface area contributed by atoms with E-state index in [0.717, 1.165) is 10.0 Å². The van der Waals surface area contributed by atoms with Crippen LogP contribution in [0.15, 0.2) is 76.4 Å². The number of nitrogens with zero attached hydrogens (tertiary/aromatic N) is 2. The topological polar surface area (TPSA) is 101 Å². The van der Waals surface area contributed by atoms with E-state index in [1.54, 1.807) is 6.07 Å². The van der Waals surface area contributed by atoms with Crippen molar-refractivity contribution in [1.82, 2.24) is 9.97 Å². The molecule has 27 heavy (non-hydrogen) atoms.